The van der Waals surface area contributed by atoms with Crippen molar-refractivity contribution in [2.24, 2.45) is 0 Å². The molecule has 0 saturated heterocycles. The van der Waals surface area contributed by atoms with Crippen molar-refractivity contribution in [2.75, 3.05) is 13.2 Å². The molecular formula is C16H22ClNO2. The molecule has 1 fully saturated rings. The SMILES string of the molecule is O=C(COC1CCCCC1)NCCc1cccc(Cl)c1. The first-order valence-corrected chi connectivity index (χ1v) is 7.74. The van der Waals surface area contributed by atoms with Gasteiger partial charge in [0.2, 0.25) is 5.91 Å². The molecule has 1 saturated carbocycles. The second-order valence-electron chi connectivity index (χ2n) is 5.30. The van der Waals surface area contributed by atoms with Gasteiger partial charge in [-0.2, -0.15) is 0 Å². The first kappa shape index (κ1) is 15.3. The zero-order valence-electron chi connectivity index (χ0n) is 11.7. The minimum atomic E-state index is -0.0300. The van der Waals surface area contributed by atoms with E-state index >= 15 is 0 Å². The normalized spacial score (nSPS) is 16.1. The Balaban J connectivity index is 1.60. The number of hydrogen-bond donors (Lipinski definition) is 1. The van der Waals surface area contributed by atoms with Gasteiger partial charge in [-0.3, -0.25) is 4.79 Å². The highest BCUT2D eigenvalue weighted by molar-refractivity contribution is 6.30. The number of carbonyl (C=O) groups is 1. The highest BCUT2D eigenvalue weighted by Gasteiger charge is 2.14. The van der Waals surface area contributed by atoms with Crippen molar-refractivity contribution in [1.29, 1.82) is 0 Å². The first-order chi connectivity index (χ1) is 9.74. The molecular weight excluding hydrogens is 274 g/mol. The molecule has 0 heterocycles. The molecule has 3 nitrogen and oxygen atoms in total. The van der Waals surface area contributed by atoms with Crippen molar-refractivity contribution in [3.8, 4) is 0 Å². The van der Waals surface area contributed by atoms with Crippen molar-refractivity contribution in [3.63, 3.8) is 0 Å². The maximum absolute atomic E-state index is 11.7. The molecule has 0 unspecified atom stereocenters. The molecule has 2 rings (SSSR count). The summed E-state index contributed by atoms with van der Waals surface area (Å²) >= 11 is 5.91. The highest BCUT2D eigenvalue weighted by Crippen LogP contribution is 2.19. The maximum Gasteiger partial charge on any atom is 0.246 e. The van der Waals surface area contributed by atoms with E-state index < -0.39 is 0 Å². The van der Waals surface area contributed by atoms with E-state index in [0.717, 1.165) is 29.8 Å². The molecule has 110 valence electrons. The van der Waals surface area contributed by atoms with Gasteiger partial charge in [0, 0.05) is 11.6 Å². The van der Waals surface area contributed by atoms with E-state index in [1.807, 2.05) is 24.3 Å². The van der Waals surface area contributed by atoms with Gasteiger partial charge >= 0.3 is 0 Å². The molecule has 1 amide bonds. The predicted molar refractivity (Wildman–Crippen MR) is 81.0 cm³/mol. The predicted octanol–water partition coefficient (Wildman–Crippen LogP) is 3.35. The van der Waals surface area contributed by atoms with E-state index in [0.29, 0.717) is 6.54 Å². The third-order valence-electron chi connectivity index (χ3n) is 3.63. The zero-order chi connectivity index (χ0) is 14.2. The van der Waals surface area contributed by atoms with Crippen LogP contribution in [0.2, 0.25) is 5.02 Å². The smallest absolute Gasteiger partial charge is 0.246 e. The number of benzene rings is 1. The Morgan fingerprint density at radius 3 is 2.85 bits per heavy atom. The molecule has 4 heteroatoms. The first-order valence-electron chi connectivity index (χ1n) is 7.37. The maximum atomic E-state index is 11.7. The minimum absolute atomic E-state index is 0.0300. The van der Waals surface area contributed by atoms with Crippen LogP contribution in [0.1, 0.15) is 37.7 Å². The van der Waals surface area contributed by atoms with Gasteiger partial charge in [0.05, 0.1) is 6.10 Å². The van der Waals surface area contributed by atoms with Crippen LogP contribution in [0.5, 0.6) is 0 Å². The van der Waals surface area contributed by atoms with Crippen LogP contribution in [-0.2, 0) is 16.0 Å². The van der Waals surface area contributed by atoms with E-state index in [-0.39, 0.29) is 18.6 Å². The Hall–Kier alpha value is -1.06. The molecule has 0 bridgehead atoms. The topological polar surface area (TPSA) is 38.3 Å². The molecule has 1 aromatic carbocycles. The quantitative estimate of drug-likeness (QED) is 0.874. The van der Waals surface area contributed by atoms with Crippen LogP contribution < -0.4 is 5.32 Å². The van der Waals surface area contributed by atoms with E-state index in [1.165, 1.54) is 19.3 Å². The summed E-state index contributed by atoms with van der Waals surface area (Å²) in [6, 6.07) is 7.70. The van der Waals surface area contributed by atoms with Crippen LogP contribution in [0.3, 0.4) is 0 Å². The lowest BCUT2D eigenvalue weighted by atomic mass is 9.98. The van der Waals surface area contributed by atoms with Crippen LogP contribution in [0, 0.1) is 0 Å². The molecule has 0 aromatic heterocycles. The molecule has 0 atom stereocenters. The van der Waals surface area contributed by atoms with Crippen LogP contribution in [0.4, 0.5) is 0 Å². The average molecular weight is 296 g/mol. The fourth-order valence-electron chi connectivity index (χ4n) is 2.52. The van der Waals surface area contributed by atoms with Crippen molar-refractivity contribution < 1.29 is 9.53 Å². The monoisotopic (exact) mass is 295 g/mol. The summed E-state index contributed by atoms with van der Waals surface area (Å²) in [4.78, 5) is 11.7. The number of nitrogens with one attached hydrogen (secondary N) is 1. The van der Waals surface area contributed by atoms with Crippen LogP contribution in [-0.4, -0.2) is 25.2 Å². The van der Waals surface area contributed by atoms with Gasteiger partial charge in [0.1, 0.15) is 6.61 Å². The number of carbonyl (C=O) groups excluding carboxylic acids is 1. The summed E-state index contributed by atoms with van der Waals surface area (Å²) in [5.74, 6) is -0.0300. The molecule has 0 radical (unpaired) electrons. The minimum Gasteiger partial charge on any atom is -0.368 e. The lowest BCUT2D eigenvalue weighted by Gasteiger charge is -2.21. The number of hydrogen-bond acceptors (Lipinski definition) is 2. The van der Waals surface area contributed by atoms with E-state index in [4.69, 9.17) is 16.3 Å². The van der Waals surface area contributed by atoms with E-state index in [9.17, 15) is 4.79 Å². The highest BCUT2D eigenvalue weighted by atomic mass is 35.5. The molecule has 1 aliphatic carbocycles. The van der Waals surface area contributed by atoms with E-state index in [1.54, 1.807) is 0 Å². The number of ether oxygens (including phenoxy) is 1. The number of amides is 1. The Labute approximate surface area is 125 Å². The number of rotatable bonds is 6. The van der Waals surface area contributed by atoms with Crippen molar-refractivity contribution >= 4 is 17.5 Å². The van der Waals surface area contributed by atoms with Gasteiger partial charge in [-0.1, -0.05) is 43.0 Å². The fraction of sp³-hybridized carbons (Fsp3) is 0.562. The lowest BCUT2D eigenvalue weighted by Crippen LogP contribution is -2.31. The Bertz CT molecular complexity index is 430. The number of halogens is 1. The van der Waals surface area contributed by atoms with Crippen molar-refractivity contribution in [3.05, 3.63) is 34.9 Å². The summed E-state index contributed by atoms with van der Waals surface area (Å²) in [6.07, 6.45) is 7.00. The van der Waals surface area contributed by atoms with Crippen LogP contribution >= 0.6 is 11.6 Å². The van der Waals surface area contributed by atoms with E-state index in [2.05, 4.69) is 5.32 Å². The Kier molecular flexibility index (Phi) is 6.34. The molecule has 0 spiro atoms. The van der Waals surface area contributed by atoms with Gasteiger partial charge in [-0.25, -0.2) is 0 Å². The summed E-state index contributed by atoms with van der Waals surface area (Å²) < 4.78 is 5.63. The zero-order valence-corrected chi connectivity index (χ0v) is 12.5. The van der Waals surface area contributed by atoms with Gasteiger partial charge in [0.15, 0.2) is 0 Å². The van der Waals surface area contributed by atoms with Crippen molar-refractivity contribution in [2.45, 2.75) is 44.6 Å². The summed E-state index contributed by atoms with van der Waals surface area (Å²) in [7, 11) is 0. The molecule has 1 aliphatic rings. The lowest BCUT2D eigenvalue weighted by molar-refractivity contribution is -0.128. The molecule has 20 heavy (non-hydrogen) atoms. The van der Waals surface area contributed by atoms with Gasteiger partial charge in [0.25, 0.3) is 0 Å². The third-order valence-corrected chi connectivity index (χ3v) is 3.86. The molecule has 1 N–H and O–H groups in total. The third kappa shape index (κ3) is 5.51. The largest absolute Gasteiger partial charge is 0.368 e. The second kappa shape index (κ2) is 8.28. The Morgan fingerprint density at radius 2 is 2.10 bits per heavy atom. The van der Waals surface area contributed by atoms with Gasteiger partial charge < -0.3 is 10.1 Å². The van der Waals surface area contributed by atoms with Gasteiger partial charge in [-0.05, 0) is 37.0 Å². The Morgan fingerprint density at radius 1 is 1.30 bits per heavy atom. The van der Waals surface area contributed by atoms with Gasteiger partial charge in [-0.15, -0.1) is 0 Å². The fourth-order valence-corrected chi connectivity index (χ4v) is 2.73. The standard InChI is InChI=1S/C16H22ClNO2/c17-14-6-4-5-13(11-14)9-10-18-16(19)12-20-15-7-2-1-3-8-15/h4-6,11,15H,1-3,7-10,12H2,(H,18,19). The summed E-state index contributed by atoms with van der Waals surface area (Å²) in [5.41, 5.74) is 1.13. The second-order valence-corrected chi connectivity index (χ2v) is 5.74. The molecule has 0 aliphatic heterocycles. The van der Waals surface area contributed by atoms with Crippen LogP contribution in [0.15, 0.2) is 24.3 Å². The summed E-state index contributed by atoms with van der Waals surface area (Å²) in [6.45, 7) is 0.799. The average Bonchev–Trinajstić information content (AvgIpc) is 2.46. The molecule has 1 aromatic rings. The van der Waals surface area contributed by atoms with Crippen LogP contribution in [0.25, 0.3) is 0 Å². The van der Waals surface area contributed by atoms with Crippen molar-refractivity contribution in [1.82, 2.24) is 5.32 Å². The summed E-state index contributed by atoms with van der Waals surface area (Å²) in [5, 5.41) is 3.61.